The van der Waals surface area contributed by atoms with Crippen molar-refractivity contribution in [1.82, 2.24) is 0 Å². The van der Waals surface area contributed by atoms with E-state index in [4.69, 9.17) is 8.85 Å². The quantitative estimate of drug-likeness (QED) is 0.467. The van der Waals surface area contributed by atoms with Crippen LogP contribution in [0.3, 0.4) is 0 Å². The molecule has 4 heteroatoms. The predicted octanol–water partition coefficient (Wildman–Crippen LogP) is 3.64. The summed E-state index contributed by atoms with van der Waals surface area (Å²) in [5, 5.41) is 0. The van der Waals surface area contributed by atoms with Crippen molar-refractivity contribution < 1.29 is 8.85 Å². The molecule has 0 rings (SSSR count). The summed E-state index contributed by atoms with van der Waals surface area (Å²) in [7, 11) is -1.96. The van der Waals surface area contributed by atoms with Crippen molar-refractivity contribution in [3.8, 4) is 0 Å². The van der Waals surface area contributed by atoms with Crippen LogP contribution in [0, 0.1) is 5.92 Å². The molecule has 0 unspecified atom stereocenters. The molecule has 0 saturated carbocycles. The Labute approximate surface area is 108 Å². The van der Waals surface area contributed by atoms with Gasteiger partial charge < -0.3 is 8.85 Å². The second-order valence-corrected chi connectivity index (χ2v) is 8.31. The van der Waals surface area contributed by atoms with E-state index in [1.165, 1.54) is 5.71 Å². The summed E-state index contributed by atoms with van der Waals surface area (Å²) in [6, 6.07) is 0.949. The third-order valence-corrected chi connectivity index (χ3v) is 5.48. The third kappa shape index (κ3) is 8.52. The third-order valence-electron chi connectivity index (χ3n) is 2.55. The van der Waals surface area contributed by atoms with E-state index >= 15 is 0 Å². The molecule has 0 N–H and O–H groups in total. The molecule has 102 valence electrons. The minimum atomic E-state index is -1.96. The molecule has 0 amide bonds. The molecule has 0 atom stereocenters. The largest absolute Gasteiger partial charge is 0.395 e. The lowest BCUT2D eigenvalue weighted by Crippen LogP contribution is -2.39. The van der Waals surface area contributed by atoms with Crippen molar-refractivity contribution in [2.45, 2.75) is 53.6 Å². The Morgan fingerprint density at radius 3 is 2.12 bits per heavy atom. The van der Waals surface area contributed by atoms with Gasteiger partial charge in [-0.2, -0.15) is 0 Å². The second-order valence-electron chi connectivity index (χ2n) is 4.96. The van der Waals surface area contributed by atoms with E-state index in [1.807, 2.05) is 13.8 Å². The zero-order chi connectivity index (χ0) is 13.3. The first-order valence-electron chi connectivity index (χ1n) is 6.71. The highest BCUT2D eigenvalue weighted by molar-refractivity contribution is 6.66. The predicted molar refractivity (Wildman–Crippen MR) is 77.1 cm³/mol. The van der Waals surface area contributed by atoms with E-state index in [0.29, 0.717) is 5.92 Å². The molecule has 17 heavy (non-hydrogen) atoms. The van der Waals surface area contributed by atoms with Crippen LogP contribution in [0.1, 0.15) is 41.0 Å². The molecule has 0 aromatic rings. The zero-order valence-electron chi connectivity index (χ0n) is 12.4. The molecule has 0 aliphatic rings. The maximum atomic E-state index is 5.78. The van der Waals surface area contributed by atoms with Gasteiger partial charge in [0.15, 0.2) is 0 Å². The van der Waals surface area contributed by atoms with Crippen LogP contribution < -0.4 is 0 Å². The Hall–Kier alpha value is -0.193. The average Bonchev–Trinajstić information content (AvgIpc) is 2.16. The van der Waals surface area contributed by atoms with Gasteiger partial charge in [-0.05, 0) is 39.7 Å². The highest BCUT2D eigenvalue weighted by Crippen LogP contribution is 2.14. The number of aliphatic imine (C=N–C) groups is 1. The van der Waals surface area contributed by atoms with Gasteiger partial charge in [0.05, 0.1) is 0 Å². The van der Waals surface area contributed by atoms with Crippen LogP contribution in [0.5, 0.6) is 0 Å². The molecule has 0 aliphatic carbocycles. The van der Waals surface area contributed by atoms with Crippen LogP contribution in [0.4, 0.5) is 0 Å². The van der Waals surface area contributed by atoms with Gasteiger partial charge in [-0.1, -0.05) is 13.8 Å². The molecule has 0 fully saturated rings. The van der Waals surface area contributed by atoms with Gasteiger partial charge in [0.1, 0.15) is 0 Å². The molecular weight excluding hydrogens is 230 g/mol. The molecule has 0 bridgehead atoms. The normalized spacial score (nSPS) is 13.5. The number of nitrogens with zero attached hydrogens (tertiary/aromatic N) is 1. The van der Waals surface area contributed by atoms with Gasteiger partial charge in [0.25, 0.3) is 0 Å². The van der Waals surface area contributed by atoms with Crippen LogP contribution in [-0.2, 0) is 8.85 Å². The van der Waals surface area contributed by atoms with Crippen molar-refractivity contribution in [2.24, 2.45) is 10.9 Å². The smallest absolute Gasteiger partial charge is 0.336 e. The van der Waals surface area contributed by atoms with Crippen LogP contribution >= 0.6 is 0 Å². The lowest BCUT2D eigenvalue weighted by molar-refractivity contribution is 0.189. The van der Waals surface area contributed by atoms with Crippen LogP contribution in [-0.4, -0.2) is 34.0 Å². The van der Waals surface area contributed by atoms with Crippen molar-refractivity contribution in [3.63, 3.8) is 0 Å². The molecule has 0 aliphatic heterocycles. The molecule has 0 aromatic carbocycles. The summed E-state index contributed by atoms with van der Waals surface area (Å²) in [5.74, 6) is 0.682. The Morgan fingerprint density at radius 2 is 1.71 bits per heavy atom. The summed E-state index contributed by atoms with van der Waals surface area (Å²) in [6.07, 6.45) is 1.08. The van der Waals surface area contributed by atoms with Crippen LogP contribution in [0.15, 0.2) is 4.99 Å². The fourth-order valence-electron chi connectivity index (χ4n) is 1.90. The minimum absolute atomic E-state index is 0.682. The molecule has 0 radical (unpaired) electrons. The minimum Gasteiger partial charge on any atom is -0.395 e. The van der Waals surface area contributed by atoms with Crippen molar-refractivity contribution in [2.75, 3.05) is 19.8 Å². The van der Waals surface area contributed by atoms with Crippen LogP contribution in [0.25, 0.3) is 0 Å². The first kappa shape index (κ1) is 16.8. The number of hydrogen-bond acceptors (Lipinski definition) is 3. The summed E-state index contributed by atoms with van der Waals surface area (Å²) in [5.41, 5.74) is 1.24. The highest BCUT2D eigenvalue weighted by atomic mass is 28.4. The molecule has 0 saturated heterocycles. The number of hydrogen-bond donors (Lipinski definition) is 0. The van der Waals surface area contributed by atoms with E-state index in [2.05, 4.69) is 32.3 Å². The number of rotatable bonds is 9. The van der Waals surface area contributed by atoms with Gasteiger partial charge in [-0.25, -0.2) is 0 Å². The molecule has 0 spiro atoms. The van der Waals surface area contributed by atoms with Gasteiger partial charge in [0.2, 0.25) is 0 Å². The van der Waals surface area contributed by atoms with Crippen molar-refractivity contribution in [3.05, 3.63) is 0 Å². The standard InChI is InChI=1S/C13H29NO2Si/c1-7-15-17(6,16-8-2)10-9-14-13(5)11-12(3)4/h12H,7-11H2,1-6H3. The lowest BCUT2D eigenvalue weighted by atomic mass is 10.1. The summed E-state index contributed by atoms with van der Waals surface area (Å²) in [4.78, 5) is 4.61. The monoisotopic (exact) mass is 259 g/mol. The van der Waals surface area contributed by atoms with Gasteiger partial charge >= 0.3 is 8.56 Å². The van der Waals surface area contributed by atoms with Crippen LogP contribution in [0.2, 0.25) is 12.6 Å². The first-order chi connectivity index (χ1) is 7.93. The Kier molecular flexibility index (Phi) is 8.73. The average molecular weight is 259 g/mol. The molecular formula is C13H29NO2Si. The maximum Gasteiger partial charge on any atom is 0.336 e. The van der Waals surface area contributed by atoms with E-state index < -0.39 is 8.56 Å². The summed E-state index contributed by atoms with van der Waals surface area (Å²) >= 11 is 0. The van der Waals surface area contributed by atoms with E-state index in [-0.39, 0.29) is 0 Å². The fourth-order valence-corrected chi connectivity index (χ4v) is 4.01. The zero-order valence-corrected chi connectivity index (χ0v) is 13.4. The van der Waals surface area contributed by atoms with Crippen molar-refractivity contribution >= 4 is 14.3 Å². The van der Waals surface area contributed by atoms with E-state index in [1.54, 1.807) is 0 Å². The molecule has 0 aromatic heterocycles. The van der Waals surface area contributed by atoms with E-state index in [9.17, 15) is 0 Å². The Morgan fingerprint density at radius 1 is 1.18 bits per heavy atom. The van der Waals surface area contributed by atoms with Gasteiger partial charge in [-0.15, -0.1) is 0 Å². The van der Waals surface area contributed by atoms with Gasteiger partial charge in [-0.3, -0.25) is 4.99 Å². The maximum absolute atomic E-state index is 5.78. The fraction of sp³-hybridized carbons (Fsp3) is 0.923. The lowest BCUT2D eigenvalue weighted by Gasteiger charge is -2.25. The first-order valence-corrected chi connectivity index (χ1v) is 9.23. The van der Waals surface area contributed by atoms with Gasteiger partial charge in [0, 0.05) is 31.5 Å². The van der Waals surface area contributed by atoms with Crippen molar-refractivity contribution in [1.29, 1.82) is 0 Å². The molecule has 3 nitrogen and oxygen atoms in total. The Bertz CT molecular complexity index is 223. The molecule has 0 heterocycles. The highest BCUT2D eigenvalue weighted by Gasteiger charge is 2.29. The second kappa shape index (κ2) is 8.83. The Balaban J connectivity index is 4.12. The summed E-state index contributed by atoms with van der Waals surface area (Å²) in [6.45, 7) is 15.0. The summed E-state index contributed by atoms with van der Waals surface area (Å²) < 4.78 is 11.6. The SMILES string of the molecule is CCO[Si](C)(CCN=C(C)CC(C)C)OCC. The topological polar surface area (TPSA) is 30.8 Å². The van der Waals surface area contributed by atoms with E-state index in [0.717, 1.165) is 32.2 Å².